The zero-order valence-electron chi connectivity index (χ0n) is 11.7. The molecule has 0 radical (unpaired) electrons. The van der Waals surface area contributed by atoms with Gasteiger partial charge in [-0.2, -0.15) is 11.8 Å². The van der Waals surface area contributed by atoms with Crippen molar-refractivity contribution in [3.05, 3.63) is 29.6 Å². The summed E-state index contributed by atoms with van der Waals surface area (Å²) in [5.74, 6) is 0.926. The van der Waals surface area contributed by atoms with E-state index in [9.17, 15) is 4.39 Å². The maximum absolute atomic E-state index is 13.9. The molecule has 0 aliphatic rings. The fourth-order valence-corrected chi connectivity index (χ4v) is 2.97. The van der Waals surface area contributed by atoms with Crippen LogP contribution in [0.5, 0.6) is 0 Å². The third kappa shape index (κ3) is 3.62. The molecule has 0 aromatic heterocycles. The van der Waals surface area contributed by atoms with Gasteiger partial charge >= 0.3 is 0 Å². The maximum Gasteiger partial charge on any atom is 0.129 e. The van der Waals surface area contributed by atoms with Crippen LogP contribution in [0.3, 0.4) is 0 Å². The molecular weight excluding hydrogens is 247 g/mol. The van der Waals surface area contributed by atoms with Crippen molar-refractivity contribution in [3.63, 3.8) is 0 Å². The zero-order valence-corrected chi connectivity index (χ0v) is 12.5. The van der Waals surface area contributed by atoms with Gasteiger partial charge in [0.15, 0.2) is 0 Å². The molecule has 0 fully saturated rings. The topological polar surface area (TPSA) is 15.3 Å². The predicted octanol–water partition coefficient (Wildman–Crippen LogP) is 3.12. The van der Waals surface area contributed by atoms with Crippen LogP contribution in [-0.2, 0) is 6.54 Å². The summed E-state index contributed by atoms with van der Waals surface area (Å²) in [5.41, 5.74) is 1.74. The average molecular weight is 270 g/mol. The molecule has 0 heterocycles. The van der Waals surface area contributed by atoms with Crippen molar-refractivity contribution in [2.24, 2.45) is 0 Å². The van der Waals surface area contributed by atoms with Crippen LogP contribution in [0.4, 0.5) is 10.1 Å². The van der Waals surface area contributed by atoms with E-state index >= 15 is 0 Å². The van der Waals surface area contributed by atoms with Gasteiger partial charge < -0.3 is 10.2 Å². The van der Waals surface area contributed by atoms with Gasteiger partial charge in [-0.1, -0.05) is 13.0 Å². The van der Waals surface area contributed by atoms with Crippen molar-refractivity contribution in [3.8, 4) is 0 Å². The van der Waals surface area contributed by atoms with Gasteiger partial charge in [-0.15, -0.1) is 0 Å². The zero-order chi connectivity index (χ0) is 13.5. The van der Waals surface area contributed by atoms with Crippen molar-refractivity contribution in [1.82, 2.24) is 5.32 Å². The lowest BCUT2D eigenvalue weighted by atomic mass is 10.1. The highest BCUT2D eigenvalue weighted by molar-refractivity contribution is 7.98. The summed E-state index contributed by atoms with van der Waals surface area (Å²) < 4.78 is 13.9. The van der Waals surface area contributed by atoms with Crippen molar-refractivity contribution < 1.29 is 4.39 Å². The lowest BCUT2D eigenvalue weighted by Gasteiger charge is -2.30. The van der Waals surface area contributed by atoms with E-state index in [-0.39, 0.29) is 5.82 Å². The van der Waals surface area contributed by atoms with E-state index in [1.807, 2.05) is 24.9 Å². The Morgan fingerprint density at radius 2 is 2.17 bits per heavy atom. The molecule has 4 heteroatoms. The number of halogens is 1. The lowest BCUT2D eigenvalue weighted by Crippen LogP contribution is -2.34. The summed E-state index contributed by atoms with van der Waals surface area (Å²) in [5, 5.41) is 3.04. The number of benzene rings is 1. The Kier molecular flexibility index (Phi) is 6.50. The first-order valence-corrected chi connectivity index (χ1v) is 7.68. The van der Waals surface area contributed by atoms with Gasteiger partial charge in [0.2, 0.25) is 0 Å². The van der Waals surface area contributed by atoms with Gasteiger partial charge in [-0.05, 0) is 31.9 Å². The number of hydrogen-bond donors (Lipinski definition) is 1. The predicted molar refractivity (Wildman–Crippen MR) is 80.0 cm³/mol. The Morgan fingerprint density at radius 1 is 1.44 bits per heavy atom. The Morgan fingerprint density at radius 3 is 2.72 bits per heavy atom. The smallest absolute Gasteiger partial charge is 0.129 e. The van der Waals surface area contributed by atoms with Crippen LogP contribution in [0.1, 0.15) is 18.9 Å². The summed E-state index contributed by atoms with van der Waals surface area (Å²) in [4.78, 5) is 2.20. The van der Waals surface area contributed by atoms with Crippen molar-refractivity contribution in [2.45, 2.75) is 25.9 Å². The molecule has 2 nitrogen and oxygen atoms in total. The van der Waals surface area contributed by atoms with Crippen LogP contribution in [0.25, 0.3) is 0 Å². The molecule has 0 amide bonds. The van der Waals surface area contributed by atoms with Gasteiger partial charge in [-0.3, -0.25) is 0 Å². The van der Waals surface area contributed by atoms with Gasteiger partial charge in [0.1, 0.15) is 5.82 Å². The number of anilines is 1. The Hall–Kier alpha value is -0.740. The van der Waals surface area contributed by atoms with E-state index in [1.165, 1.54) is 6.07 Å². The van der Waals surface area contributed by atoms with Gasteiger partial charge in [0.25, 0.3) is 0 Å². The molecule has 0 bridgehead atoms. The minimum absolute atomic E-state index is 0.132. The average Bonchev–Trinajstić information content (AvgIpc) is 2.37. The standard InChI is InChI=1S/C14H23FN2S/c1-5-11(10-18-4)17(3)14-8-6-7-13(15)12(14)9-16-2/h6-8,11,16H,5,9-10H2,1-4H3. The molecule has 1 rings (SSSR count). The third-order valence-corrected chi connectivity index (χ3v) is 3.92. The number of nitrogens with one attached hydrogen (secondary N) is 1. The molecule has 0 saturated carbocycles. The fraction of sp³-hybridized carbons (Fsp3) is 0.571. The molecule has 0 aliphatic carbocycles. The largest absolute Gasteiger partial charge is 0.370 e. The van der Waals surface area contributed by atoms with E-state index in [4.69, 9.17) is 0 Å². The summed E-state index contributed by atoms with van der Waals surface area (Å²) in [6.45, 7) is 2.73. The minimum Gasteiger partial charge on any atom is -0.370 e. The van der Waals surface area contributed by atoms with Gasteiger partial charge in [0, 0.05) is 36.6 Å². The molecule has 0 aliphatic heterocycles. The normalized spacial score (nSPS) is 12.5. The number of hydrogen-bond acceptors (Lipinski definition) is 3. The van der Waals surface area contributed by atoms with E-state index < -0.39 is 0 Å². The van der Waals surface area contributed by atoms with Crippen LogP contribution in [0.2, 0.25) is 0 Å². The van der Waals surface area contributed by atoms with Gasteiger partial charge in [-0.25, -0.2) is 4.39 Å². The summed E-state index contributed by atoms with van der Waals surface area (Å²) in [7, 11) is 3.90. The molecule has 1 unspecified atom stereocenters. The number of nitrogens with zero attached hydrogens (tertiary/aromatic N) is 1. The van der Waals surface area contributed by atoms with E-state index in [0.717, 1.165) is 23.4 Å². The molecule has 18 heavy (non-hydrogen) atoms. The van der Waals surface area contributed by atoms with Crippen molar-refractivity contribution in [1.29, 1.82) is 0 Å². The summed E-state index contributed by atoms with van der Waals surface area (Å²) in [6.07, 6.45) is 3.17. The number of thioether (sulfide) groups is 1. The van der Waals surface area contributed by atoms with E-state index in [2.05, 4.69) is 30.4 Å². The second kappa shape index (κ2) is 7.64. The molecule has 1 atom stereocenters. The van der Waals surface area contributed by atoms with Crippen molar-refractivity contribution in [2.75, 3.05) is 31.0 Å². The first-order valence-electron chi connectivity index (χ1n) is 6.29. The third-order valence-electron chi connectivity index (χ3n) is 3.21. The van der Waals surface area contributed by atoms with Crippen LogP contribution >= 0.6 is 11.8 Å². The quantitative estimate of drug-likeness (QED) is 0.819. The van der Waals surface area contributed by atoms with Crippen molar-refractivity contribution >= 4 is 17.4 Å². The first-order chi connectivity index (χ1) is 8.65. The maximum atomic E-state index is 13.9. The second-order valence-corrected chi connectivity index (χ2v) is 5.31. The molecule has 1 N–H and O–H groups in total. The second-order valence-electron chi connectivity index (χ2n) is 4.40. The van der Waals surface area contributed by atoms with E-state index in [1.54, 1.807) is 6.07 Å². The molecular formula is C14H23FN2S. The molecule has 1 aromatic carbocycles. The highest BCUT2D eigenvalue weighted by Gasteiger charge is 2.17. The highest BCUT2D eigenvalue weighted by Crippen LogP contribution is 2.25. The Labute approximate surface area is 114 Å². The van der Waals surface area contributed by atoms with Gasteiger partial charge in [0.05, 0.1) is 0 Å². The number of rotatable bonds is 7. The first kappa shape index (κ1) is 15.3. The molecule has 0 spiro atoms. The van der Waals surface area contributed by atoms with Crippen LogP contribution < -0.4 is 10.2 Å². The van der Waals surface area contributed by atoms with Crippen LogP contribution in [-0.4, -0.2) is 32.1 Å². The molecule has 102 valence electrons. The fourth-order valence-electron chi connectivity index (χ4n) is 2.12. The monoisotopic (exact) mass is 270 g/mol. The Balaban J connectivity index is 3.03. The SMILES string of the molecule is CCC(CSC)N(C)c1cccc(F)c1CNC. The van der Waals surface area contributed by atoms with Crippen LogP contribution in [0.15, 0.2) is 18.2 Å². The lowest BCUT2D eigenvalue weighted by molar-refractivity contribution is 0.594. The van der Waals surface area contributed by atoms with Crippen LogP contribution in [0, 0.1) is 5.82 Å². The minimum atomic E-state index is -0.132. The molecule has 0 saturated heterocycles. The van der Waals surface area contributed by atoms with E-state index in [0.29, 0.717) is 12.6 Å². The molecule has 1 aromatic rings. The Bertz CT molecular complexity index is 371. The summed E-state index contributed by atoms with van der Waals surface area (Å²) >= 11 is 1.83. The highest BCUT2D eigenvalue weighted by atomic mass is 32.2. The summed E-state index contributed by atoms with van der Waals surface area (Å²) in [6, 6.07) is 5.75.